The second kappa shape index (κ2) is 6.21. The highest BCUT2D eigenvalue weighted by atomic mass is 16.6. The largest absolute Gasteiger partial charge is 0.508 e. The Hall–Kier alpha value is -1.59. The van der Waals surface area contributed by atoms with E-state index in [9.17, 15) is 15.0 Å². The van der Waals surface area contributed by atoms with Crippen molar-refractivity contribution in [2.75, 3.05) is 0 Å². The number of rotatable bonds is 3. The lowest BCUT2D eigenvalue weighted by atomic mass is 9.76. The Morgan fingerprint density at radius 1 is 1.19 bits per heavy atom. The molecule has 3 aliphatic rings. The Labute approximate surface area is 160 Å². The lowest BCUT2D eigenvalue weighted by molar-refractivity contribution is -0.0657. The van der Waals surface area contributed by atoms with Crippen LogP contribution in [0.15, 0.2) is 24.3 Å². The molecule has 1 heterocycles. The molecular weight excluding hydrogens is 344 g/mol. The predicted octanol–water partition coefficient (Wildman–Crippen LogP) is 3.53. The SMILES string of the molecule is CC(C)[C@H]1C[C@@H]2[C@H](C[C@@H]3O[C@@]32C)[C@@](C)(O)C[C@H]1OC(=O)c1ccc(O)cc1. The fourth-order valence-corrected chi connectivity index (χ4v) is 5.55. The molecule has 0 amide bonds. The number of phenols is 1. The second-order valence-electron chi connectivity index (χ2n) is 9.43. The number of ether oxygens (including phenoxy) is 2. The molecule has 1 aromatic carbocycles. The average Bonchev–Trinajstić information content (AvgIpc) is 3.18. The number of carbonyl (C=O) groups is 1. The van der Waals surface area contributed by atoms with E-state index in [1.807, 2.05) is 6.92 Å². The Bertz CT molecular complexity index is 725. The smallest absolute Gasteiger partial charge is 0.338 e. The Morgan fingerprint density at radius 3 is 2.48 bits per heavy atom. The van der Waals surface area contributed by atoms with E-state index in [0.29, 0.717) is 23.8 Å². The Balaban J connectivity index is 1.59. The second-order valence-corrected chi connectivity index (χ2v) is 9.43. The van der Waals surface area contributed by atoms with E-state index >= 15 is 0 Å². The zero-order valence-electron chi connectivity index (χ0n) is 16.5. The highest BCUT2D eigenvalue weighted by Gasteiger charge is 2.69. The molecule has 1 saturated heterocycles. The molecule has 1 aliphatic heterocycles. The number of carbonyl (C=O) groups excluding carboxylic acids is 1. The number of fused-ring (bicyclic) bond motifs is 3. The minimum absolute atomic E-state index is 0.115. The maximum absolute atomic E-state index is 12.7. The van der Waals surface area contributed by atoms with Gasteiger partial charge in [-0.1, -0.05) is 13.8 Å². The molecule has 2 N–H and O–H groups in total. The third-order valence-electron chi connectivity index (χ3n) is 7.30. The normalized spacial score (nSPS) is 43.0. The number of aromatic hydroxyl groups is 1. The van der Waals surface area contributed by atoms with Gasteiger partial charge in [0.2, 0.25) is 0 Å². The molecule has 3 fully saturated rings. The monoisotopic (exact) mass is 374 g/mol. The molecule has 0 aromatic heterocycles. The van der Waals surface area contributed by atoms with Crippen molar-refractivity contribution >= 4 is 5.97 Å². The van der Waals surface area contributed by atoms with Crippen LogP contribution in [0.3, 0.4) is 0 Å². The number of esters is 1. The van der Waals surface area contributed by atoms with Gasteiger partial charge >= 0.3 is 5.97 Å². The molecule has 0 unspecified atom stereocenters. The Morgan fingerprint density at radius 2 is 1.85 bits per heavy atom. The van der Waals surface area contributed by atoms with Gasteiger partial charge in [-0.2, -0.15) is 0 Å². The molecule has 7 atom stereocenters. The van der Waals surface area contributed by atoms with Crippen molar-refractivity contribution in [1.29, 1.82) is 0 Å². The lowest BCUT2D eigenvalue weighted by Crippen LogP contribution is -2.41. The summed E-state index contributed by atoms with van der Waals surface area (Å²) in [6.45, 7) is 8.37. The topological polar surface area (TPSA) is 79.3 Å². The van der Waals surface area contributed by atoms with E-state index in [2.05, 4.69) is 20.8 Å². The van der Waals surface area contributed by atoms with Crippen LogP contribution in [0.1, 0.15) is 57.3 Å². The highest BCUT2D eigenvalue weighted by Crippen LogP contribution is 2.63. The number of aliphatic hydroxyl groups is 1. The summed E-state index contributed by atoms with van der Waals surface area (Å²) in [5.41, 5.74) is -0.594. The van der Waals surface area contributed by atoms with Crippen molar-refractivity contribution in [2.24, 2.45) is 23.7 Å². The van der Waals surface area contributed by atoms with Crippen LogP contribution in [0.2, 0.25) is 0 Å². The molecule has 0 radical (unpaired) electrons. The van der Waals surface area contributed by atoms with Crippen LogP contribution in [0.25, 0.3) is 0 Å². The van der Waals surface area contributed by atoms with E-state index in [0.717, 1.165) is 12.8 Å². The molecule has 0 spiro atoms. The summed E-state index contributed by atoms with van der Waals surface area (Å²) < 4.78 is 11.9. The van der Waals surface area contributed by atoms with Gasteiger partial charge in [-0.05, 0) is 74.6 Å². The minimum Gasteiger partial charge on any atom is -0.508 e. The first-order valence-corrected chi connectivity index (χ1v) is 10.0. The van der Waals surface area contributed by atoms with Crippen LogP contribution >= 0.6 is 0 Å². The average molecular weight is 374 g/mol. The predicted molar refractivity (Wildman–Crippen MR) is 100 cm³/mol. The van der Waals surface area contributed by atoms with Crippen molar-refractivity contribution in [2.45, 2.75) is 70.4 Å². The molecule has 5 heteroatoms. The molecule has 0 bridgehead atoms. The number of hydrogen-bond acceptors (Lipinski definition) is 5. The third kappa shape index (κ3) is 3.15. The van der Waals surface area contributed by atoms with Gasteiger partial charge in [-0.15, -0.1) is 0 Å². The summed E-state index contributed by atoms with van der Waals surface area (Å²) in [4.78, 5) is 12.7. The highest BCUT2D eigenvalue weighted by molar-refractivity contribution is 5.89. The van der Waals surface area contributed by atoms with Gasteiger partial charge in [-0.3, -0.25) is 0 Å². The van der Waals surface area contributed by atoms with Gasteiger partial charge in [-0.25, -0.2) is 4.79 Å². The first-order chi connectivity index (χ1) is 12.6. The van der Waals surface area contributed by atoms with Crippen molar-refractivity contribution < 1.29 is 24.5 Å². The van der Waals surface area contributed by atoms with Crippen LogP contribution in [0.4, 0.5) is 0 Å². The van der Waals surface area contributed by atoms with Gasteiger partial charge in [0, 0.05) is 6.42 Å². The summed E-state index contributed by atoms with van der Waals surface area (Å²) in [7, 11) is 0. The van der Waals surface area contributed by atoms with Crippen molar-refractivity contribution in [1.82, 2.24) is 0 Å². The van der Waals surface area contributed by atoms with Crippen LogP contribution in [0, 0.1) is 23.7 Å². The van der Waals surface area contributed by atoms with Crippen LogP contribution in [-0.4, -0.2) is 39.6 Å². The number of epoxide rings is 1. The van der Waals surface area contributed by atoms with Gasteiger partial charge in [0.15, 0.2) is 0 Å². The zero-order valence-corrected chi connectivity index (χ0v) is 16.5. The summed E-state index contributed by atoms with van der Waals surface area (Å²) in [5, 5.41) is 20.7. The Kier molecular flexibility index (Phi) is 4.32. The minimum atomic E-state index is -0.881. The molecular formula is C22H30O5. The fraction of sp³-hybridized carbons (Fsp3) is 0.682. The van der Waals surface area contributed by atoms with Gasteiger partial charge < -0.3 is 19.7 Å². The van der Waals surface area contributed by atoms with E-state index < -0.39 is 11.6 Å². The summed E-state index contributed by atoms with van der Waals surface area (Å²) in [5.74, 6) is 0.692. The van der Waals surface area contributed by atoms with Gasteiger partial charge in [0.05, 0.1) is 22.9 Å². The lowest BCUT2D eigenvalue weighted by Gasteiger charge is -2.35. The van der Waals surface area contributed by atoms with Crippen molar-refractivity contribution in [3.63, 3.8) is 0 Å². The first-order valence-electron chi connectivity index (χ1n) is 10.0. The first kappa shape index (κ1) is 18.8. The summed E-state index contributed by atoms with van der Waals surface area (Å²) >= 11 is 0. The van der Waals surface area contributed by atoms with E-state index in [1.165, 1.54) is 12.1 Å². The van der Waals surface area contributed by atoms with E-state index in [1.54, 1.807) is 12.1 Å². The molecule has 148 valence electrons. The quantitative estimate of drug-likeness (QED) is 0.625. The van der Waals surface area contributed by atoms with Crippen LogP contribution < -0.4 is 0 Å². The molecule has 2 aliphatic carbocycles. The molecule has 5 nitrogen and oxygen atoms in total. The molecule has 27 heavy (non-hydrogen) atoms. The van der Waals surface area contributed by atoms with Crippen LogP contribution in [0.5, 0.6) is 5.75 Å². The fourth-order valence-electron chi connectivity index (χ4n) is 5.55. The van der Waals surface area contributed by atoms with Crippen molar-refractivity contribution in [3.05, 3.63) is 29.8 Å². The summed E-state index contributed by atoms with van der Waals surface area (Å²) in [6, 6.07) is 6.09. The maximum Gasteiger partial charge on any atom is 0.338 e. The van der Waals surface area contributed by atoms with Crippen molar-refractivity contribution in [3.8, 4) is 5.75 Å². The molecule has 1 aromatic rings. The molecule has 4 rings (SSSR count). The summed E-state index contributed by atoms with van der Waals surface area (Å²) in [6.07, 6.45) is 2.16. The number of benzene rings is 1. The van der Waals surface area contributed by atoms with E-state index in [4.69, 9.17) is 9.47 Å². The van der Waals surface area contributed by atoms with Gasteiger partial charge in [0.1, 0.15) is 11.9 Å². The maximum atomic E-state index is 12.7. The van der Waals surface area contributed by atoms with Crippen LogP contribution in [-0.2, 0) is 9.47 Å². The van der Waals surface area contributed by atoms with Gasteiger partial charge in [0.25, 0.3) is 0 Å². The number of phenolic OH excluding ortho intramolecular Hbond substituents is 1. The zero-order chi connectivity index (χ0) is 19.6. The standard InChI is InChI=1S/C22H30O5/c1-12(2)15-9-17-16(10-19-22(17,4)27-19)21(3,25)11-18(15)26-20(24)13-5-7-14(23)8-6-13/h5-8,12,15-19,23,25H,9-11H2,1-4H3/t15-,16+,17-,18-,19+,21+,22-/m1/s1. The molecule has 2 saturated carbocycles. The third-order valence-corrected chi connectivity index (χ3v) is 7.30. The number of hydrogen-bond donors (Lipinski definition) is 2. The van der Waals surface area contributed by atoms with E-state index in [-0.39, 0.29) is 35.4 Å².